The maximum atomic E-state index is 11.9. The summed E-state index contributed by atoms with van der Waals surface area (Å²) in [5, 5.41) is 12.1. The van der Waals surface area contributed by atoms with E-state index in [1.807, 2.05) is 30.8 Å². The zero-order chi connectivity index (χ0) is 18.1. The monoisotopic (exact) mass is 349 g/mol. The van der Waals surface area contributed by atoms with Crippen molar-refractivity contribution in [3.63, 3.8) is 0 Å². The van der Waals surface area contributed by atoms with Crippen molar-refractivity contribution >= 4 is 16.8 Å². The van der Waals surface area contributed by atoms with Gasteiger partial charge in [0.25, 0.3) is 0 Å². The molecule has 0 saturated carbocycles. The van der Waals surface area contributed by atoms with Gasteiger partial charge in [0.2, 0.25) is 5.91 Å². The quantitative estimate of drug-likeness (QED) is 0.759. The Labute approximate surface area is 152 Å². The van der Waals surface area contributed by atoms with Crippen LogP contribution in [0.5, 0.6) is 0 Å². The second-order valence-electron chi connectivity index (χ2n) is 6.93. The van der Waals surface area contributed by atoms with E-state index in [1.165, 1.54) is 5.56 Å². The van der Waals surface area contributed by atoms with Crippen molar-refractivity contribution in [3.05, 3.63) is 59.5 Å². The molecule has 3 heterocycles. The van der Waals surface area contributed by atoms with Crippen LogP contribution in [0.1, 0.15) is 35.8 Å². The summed E-state index contributed by atoms with van der Waals surface area (Å²) < 4.78 is 1.83. The number of fused-ring (bicyclic) bond motifs is 1. The maximum absolute atomic E-state index is 11.9. The van der Waals surface area contributed by atoms with Gasteiger partial charge in [-0.1, -0.05) is 12.1 Å². The van der Waals surface area contributed by atoms with Crippen LogP contribution in [0.25, 0.3) is 10.9 Å². The number of rotatable bonds is 4. The van der Waals surface area contributed by atoms with Gasteiger partial charge in [0.05, 0.1) is 17.3 Å². The fourth-order valence-electron chi connectivity index (χ4n) is 3.62. The summed E-state index contributed by atoms with van der Waals surface area (Å²) in [7, 11) is 1.91. The fourth-order valence-corrected chi connectivity index (χ4v) is 3.62. The Kier molecular flexibility index (Phi) is 4.42. The highest BCUT2D eigenvalue weighted by molar-refractivity contribution is 5.79. The lowest BCUT2D eigenvalue weighted by atomic mass is 9.95. The number of nitrogens with one attached hydrogen (secondary N) is 2. The second kappa shape index (κ2) is 6.88. The fraction of sp³-hybridized carbons (Fsp3) is 0.350. The van der Waals surface area contributed by atoms with Crippen molar-refractivity contribution in [2.24, 2.45) is 7.05 Å². The molecule has 6 heteroatoms. The molecular formula is C20H23N5O. The number of benzene rings is 1. The molecule has 1 aliphatic rings. The van der Waals surface area contributed by atoms with Gasteiger partial charge in [-0.25, -0.2) is 0 Å². The van der Waals surface area contributed by atoms with Crippen molar-refractivity contribution in [2.75, 3.05) is 0 Å². The number of aryl methyl sites for hydroxylation is 2. The van der Waals surface area contributed by atoms with Gasteiger partial charge in [0.15, 0.2) is 0 Å². The standard InChI is InChI=1S/C20H23N5O/c1-13-3-5-15-11-14(4-6-16(15)23-13)12-21-17-7-8-19(26)24-20(17)18-9-10-22-25(18)2/h3-6,9-11,17,20-21H,7-8,12H2,1-2H3,(H,24,26)/t17-,20-/m1/s1. The average molecular weight is 349 g/mol. The molecule has 134 valence electrons. The Bertz CT molecular complexity index is 948. The molecule has 6 nitrogen and oxygen atoms in total. The number of pyridine rings is 1. The molecule has 0 bridgehead atoms. The van der Waals surface area contributed by atoms with E-state index < -0.39 is 0 Å². The summed E-state index contributed by atoms with van der Waals surface area (Å²) in [5.74, 6) is 0.0985. The molecule has 2 aromatic heterocycles. The largest absolute Gasteiger partial charge is 0.346 e. The molecule has 3 aromatic rings. The van der Waals surface area contributed by atoms with Crippen LogP contribution in [0.3, 0.4) is 0 Å². The Hall–Kier alpha value is -2.73. The number of piperidine rings is 1. The molecule has 0 aliphatic carbocycles. The van der Waals surface area contributed by atoms with E-state index in [-0.39, 0.29) is 18.0 Å². The average Bonchev–Trinajstić information content (AvgIpc) is 3.06. The Morgan fingerprint density at radius 1 is 1.27 bits per heavy atom. The SMILES string of the molecule is Cc1ccc2cc(CN[C@@H]3CCC(=O)N[C@H]3c3ccnn3C)ccc2n1. The normalized spacial score (nSPS) is 20.3. The van der Waals surface area contributed by atoms with Gasteiger partial charge in [-0.15, -0.1) is 0 Å². The number of hydrogen-bond donors (Lipinski definition) is 2. The molecule has 1 amide bonds. The van der Waals surface area contributed by atoms with Crippen molar-refractivity contribution in [1.29, 1.82) is 0 Å². The molecule has 0 radical (unpaired) electrons. The van der Waals surface area contributed by atoms with E-state index in [1.54, 1.807) is 6.20 Å². The molecule has 26 heavy (non-hydrogen) atoms. The lowest BCUT2D eigenvalue weighted by molar-refractivity contribution is -0.124. The number of hydrogen-bond acceptors (Lipinski definition) is 4. The van der Waals surface area contributed by atoms with Gasteiger partial charge in [-0.3, -0.25) is 14.5 Å². The molecule has 1 fully saturated rings. The van der Waals surface area contributed by atoms with E-state index in [0.717, 1.165) is 35.3 Å². The van der Waals surface area contributed by atoms with Crippen LogP contribution < -0.4 is 10.6 Å². The predicted octanol–water partition coefficient (Wildman–Crippen LogP) is 2.39. The molecule has 0 unspecified atom stereocenters. The summed E-state index contributed by atoms with van der Waals surface area (Å²) in [5.41, 5.74) is 4.28. The van der Waals surface area contributed by atoms with E-state index >= 15 is 0 Å². The first-order chi connectivity index (χ1) is 12.6. The van der Waals surface area contributed by atoms with Gasteiger partial charge >= 0.3 is 0 Å². The summed E-state index contributed by atoms with van der Waals surface area (Å²) in [4.78, 5) is 16.5. The Morgan fingerprint density at radius 3 is 2.96 bits per heavy atom. The van der Waals surface area contributed by atoms with Crippen LogP contribution in [0.2, 0.25) is 0 Å². The maximum Gasteiger partial charge on any atom is 0.220 e. The van der Waals surface area contributed by atoms with Crippen molar-refractivity contribution in [1.82, 2.24) is 25.4 Å². The van der Waals surface area contributed by atoms with Crippen molar-refractivity contribution in [2.45, 2.75) is 38.4 Å². The summed E-state index contributed by atoms with van der Waals surface area (Å²) in [6.07, 6.45) is 3.13. The summed E-state index contributed by atoms with van der Waals surface area (Å²) >= 11 is 0. The van der Waals surface area contributed by atoms with Gasteiger partial charge in [-0.2, -0.15) is 5.10 Å². The number of nitrogens with zero attached hydrogens (tertiary/aromatic N) is 3. The molecule has 2 N–H and O–H groups in total. The number of aromatic nitrogens is 3. The minimum Gasteiger partial charge on any atom is -0.346 e. The molecule has 1 aromatic carbocycles. The van der Waals surface area contributed by atoms with Gasteiger partial charge in [0.1, 0.15) is 0 Å². The van der Waals surface area contributed by atoms with Gasteiger partial charge in [-0.05, 0) is 43.2 Å². The third-order valence-electron chi connectivity index (χ3n) is 5.04. The Balaban J connectivity index is 1.51. The summed E-state index contributed by atoms with van der Waals surface area (Å²) in [6.45, 7) is 2.75. The smallest absolute Gasteiger partial charge is 0.220 e. The van der Waals surface area contributed by atoms with Crippen LogP contribution in [0.15, 0.2) is 42.6 Å². The second-order valence-corrected chi connectivity index (χ2v) is 6.93. The highest BCUT2D eigenvalue weighted by Crippen LogP contribution is 2.24. The topological polar surface area (TPSA) is 71.8 Å². The number of carbonyl (C=O) groups is 1. The Morgan fingerprint density at radius 2 is 2.15 bits per heavy atom. The lowest BCUT2D eigenvalue weighted by Crippen LogP contribution is -2.48. The summed E-state index contributed by atoms with van der Waals surface area (Å²) in [6, 6.07) is 12.6. The van der Waals surface area contributed by atoms with Crippen LogP contribution in [0, 0.1) is 6.92 Å². The lowest BCUT2D eigenvalue weighted by Gasteiger charge is -2.33. The third kappa shape index (κ3) is 3.32. The molecule has 0 spiro atoms. The number of amides is 1. The van der Waals surface area contributed by atoms with E-state index in [0.29, 0.717) is 6.42 Å². The molecular weight excluding hydrogens is 326 g/mol. The zero-order valence-corrected chi connectivity index (χ0v) is 15.1. The van der Waals surface area contributed by atoms with Crippen molar-refractivity contribution in [3.8, 4) is 0 Å². The molecule has 4 rings (SSSR count). The minimum absolute atomic E-state index is 0.0616. The van der Waals surface area contributed by atoms with E-state index in [2.05, 4.69) is 45.0 Å². The number of carbonyl (C=O) groups excluding carboxylic acids is 1. The van der Waals surface area contributed by atoms with Gasteiger partial charge < -0.3 is 10.6 Å². The van der Waals surface area contributed by atoms with Crippen LogP contribution >= 0.6 is 0 Å². The van der Waals surface area contributed by atoms with Crippen LogP contribution in [-0.4, -0.2) is 26.7 Å². The highest BCUT2D eigenvalue weighted by atomic mass is 16.1. The molecule has 1 saturated heterocycles. The van der Waals surface area contributed by atoms with Crippen LogP contribution in [0.4, 0.5) is 0 Å². The third-order valence-corrected chi connectivity index (χ3v) is 5.04. The predicted molar refractivity (Wildman–Crippen MR) is 100 cm³/mol. The first-order valence-corrected chi connectivity index (χ1v) is 8.97. The zero-order valence-electron chi connectivity index (χ0n) is 15.1. The molecule has 2 atom stereocenters. The van der Waals surface area contributed by atoms with Crippen molar-refractivity contribution < 1.29 is 4.79 Å². The van der Waals surface area contributed by atoms with E-state index in [9.17, 15) is 4.79 Å². The first-order valence-electron chi connectivity index (χ1n) is 8.97. The van der Waals surface area contributed by atoms with E-state index in [4.69, 9.17) is 0 Å². The van der Waals surface area contributed by atoms with Crippen LogP contribution in [-0.2, 0) is 18.4 Å². The first kappa shape index (κ1) is 16.7. The minimum atomic E-state index is -0.0616. The highest BCUT2D eigenvalue weighted by Gasteiger charge is 2.31. The molecule has 1 aliphatic heterocycles. The van der Waals surface area contributed by atoms with Gasteiger partial charge in [0, 0.05) is 43.3 Å².